The van der Waals surface area contributed by atoms with Gasteiger partial charge in [0.05, 0.1) is 12.2 Å². The first-order valence-corrected chi connectivity index (χ1v) is 12.6. The maximum absolute atomic E-state index is 15.1. The fraction of sp³-hybridized carbons (Fsp3) is 0.367. The molecule has 6 heteroatoms. The van der Waals surface area contributed by atoms with Gasteiger partial charge in [-0.25, -0.2) is 18.0 Å². The highest BCUT2D eigenvalue weighted by atomic mass is 19.2. The average molecular weight is 497 g/mol. The Hall–Kier alpha value is -3.28. The Kier molecular flexibility index (Phi) is 8.34. The Bertz CT molecular complexity index is 1200. The molecule has 0 atom stereocenters. The van der Waals surface area contributed by atoms with Crippen LogP contribution in [0.2, 0.25) is 0 Å². The minimum atomic E-state index is -0.832. The van der Waals surface area contributed by atoms with Gasteiger partial charge < -0.3 is 9.47 Å². The second kappa shape index (κ2) is 11.6. The van der Waals surface area contributed by atoms with Crippen LogP contribution in [0.5, 0.6) is 5.75 Å². The molecule has 0 radical (unpaired) electrons. The van der Waals surface area contributed by atoms with Crippen LogP contribution in [0.1, 0.15) is 73.4 Å². The van der Waals surface area contributed by atoms with Crippen molar-refractivity contribution in [1.29, 1.82) is 0 Å². The van der Waals surface area contributed by atoms with E-state index in [4.69, 9.17) is 9.47 Å². The second-order valence-corrected chi connectivity index (χ2v) is 9.23. The van der Waals surface area contributed by atoms with Gasteiger partial charge in [0.2, 0.25) is 0 Å². The molecule has 1 saturated carbocycles. The molecular formula is C30H31F3O3. The van der Waals surface area contributed by atoms with Crippen molar-refractivity contribution in [3.8, 4) is 16.9 Å². The SMILES string of the molecule is CCCc1ccc(-c2ccc(C3CCC(OC(=O)c4ccc(OCC)c(F)c4)CC3)c(F)c2F)cc1. The molecular weight excluding hydrogens is 465 g/mol. The summed E-state index contributed by atoms with van der Waals surface area (Å²) in [6.45, 7) is 4.17. The maximum Gasteiger partial charge on any atom is 0.338 e. The molecule has 0 heterocycles. The van der Waals surface area contributed by atoms with E-state index in [1.165, 1.54) is 17.7 Å². The van der Waals surface area contributed by atoms with Crippen molar-refractivity contribution in [1.82, 2.24) is 0 Å². The fourth-order valence-corrected chi connectivity index (χ4v) is 4.85. The van der Waals surface area contributed by atoms with Crippen molar-refractivity contribution < 1.29 is 27.4 Å². The summed E-state index contributed by atoms with van der Waals surface area (Å²) >= 11 is 0. The van der Waals surface area contributed by atoms with Crippen LogP contribution in [0.4, 0.5) is 13.2 Å². The Balaban J connectivity index is 1.38. The number of hydrogen-bond donors (Lipinski definition) is 0. The molecule has 0 spiro atoms. The van der Waals surface area contributed by atoms with Crippen LogP contribution in [-0.2, 0) is 11.2 Å². The van der Waals surface area contributed by atoms with Gasteiger partial charge in [-0.3, -0.25) is 0 Å². The first-order valence-electron chi connectivity index (χ1n) is 12.6. The van der Waals surface area contributed by atoms with Crippen LogP contribution in [0.25, 0.3) is 11.1 Å². The van der Waals surface area contributed by atoms with Crippen molar-refractivity contribution in [2.24, 2.45) is 0 Å². The number of carbonyl (C=O) groups is 1. The standard InChI is InChI=1S/C30H31F3O3/c1-3-5-19-6-8-20(9-7-19)24-15-16-25(29(33)28(24)32)21-10-13-23(14-11-21)36-30(34)22-12-17-27(35-4-2)26(31)18-22/h6-9,12,15-18,21,23H,3-5,10-11,13-14H2,1-2H3. The predicted octanol–water partition coefficient (Wildman–Crippen LogP) is 8.01. The van der Waals surface area contributed by atoms with E-state index in [0.29, 0.717) is 43.4 Å². The Morgan fingerprint density at radius 1 is 0.889 bits per heavy atom. The number of carbonyl (C=O) groups excluding carboxylic acids is 1. The van der Waals surface area contributed by atoms with Crippen LogP contribution in [0.3, 0.4) is 0 Å². The number of halogens is 3. The maximum atomic E-state index is 15.1. The lowest BCUT2D eigenvalue weighted by Crippen LogP contribution is -2.24. The zero-order chi connectivity index (χ0) is 25.7. The molecule has 36 heavy (non-hydrogen) atoms. The van der Waals surface area contributed by atoms with Gasteiger partial charge in [-0.05, 0) is 79.8 Å². The molecule has 1 aliphatic carbocycles. The van der Waals surface area contributed by atoms with Gasteiger partial charge in [0.15, 0.2) is 23.2 Å². The Labute approximate surface area is 210 Å². The van der Waals surface area contributed by atoms with Gasteiger partial charge in [-0.15, -0.1) is 0 Å². The van der Waals surface area contributed by atoms with Gasteiger partial charge >= 0.3 is 5.97 Å². The molecule has 0 unspecified atom stereocenters. The van der Waals surface area contributed by atoms with Crippen LogP contribution in [-0.4, -0.2) is 18.7 Å². The lowest BCUT2D eigenvalue weighted by molar-refractivity contribution is 0.0193. The minimum Gasteiger partial charge on any atom is -0.491 e. The monoisotopic (exact) mass is 496 g/mol. The molecule has 3 aromatic carbocycles. The molecule has 190 valence electrons. The first-order chi connectivity index (χ1) is 17.4. The van der Waals surface area contributed by atoms with Gasteiger partial charge in [-0.2, -0.15) is 0 Å². The third-order valence-corrected chi connectivity index (χ3v) is 6.77. The van der Waals surface area contributed by atoms with E-state index in [1.54, 1.807) is 19.1 Å². The molecule has 0 saturated heterocycles. The Morgan fingerprint density at radius 2 is 1.61 bits per heavy atom. The van der Waals surface area contributed by atoms with E-state index in [2.05, 4.69) is 6.92 Å². The number of rotatable bonds is 8. The summed E-state index contributed by atoms with van der Waals surface area (Å²) in [5.74, 6) is -2.93. The van der Waals surface area contributed by atoms with Crippen molar-refractivity contribution in [3.05, 3.63) is 88.7 Å². The van der Waals surface area contributed by atoms with E-state index in [1.807, 2.05) is 24.3 Å². The molecule has 0 amide bonds. The van der Waals surface area contributed by atoms with Gasteiger partial charge in [-0.1, -0.05) is 49.7 Å². The first kappa shape index (κ1) is 25.8. The molecule has 0 bridgehead atoms. The van der Waals surface area contributed by atoms with Gasteiger partial charge in [0, 0.05) is 5.56 Å². The fourth-order valence-electron chi connectivity index (χ4n) is 4.85. The van der Waals surface area contributed by atoms with E-state index in [0.717, 1.165) is 18.9 Å². The average Bonchev–Trinajstić information content (AvgIpc) is 2.88. The number of hydrogen-bond acceptors (Lipinski definition) is 3. The van der Waals surface area contributed by atoms with Crippen molar-refractivity contribution >= 4 is 5.97 Å². The highest BCUT2D eigenvalue weighted by molar-refractivity contribution is 5.89. The predicted molar refractivity (Wildman–Crippen MR) is 134 cm³/mol. The summed E-state index contributed by atoms with van der Waals surface area (Å²) in [5.41, 5.74) is 2.55. The van der Waals surface area contributed by atoms with Gasteiger partial charge in [0.25, 0.3) is 0 Å². The highest BCUT2D eigenvalue weighted by Gasteiger charge is 2.28. The largest absolute Gasteiger partial charge is 0.491 e. The molecule has 3 aromatic rings. The summed E-state index contributed by atoms with van der Waals surface area (Å²) in [5, 5.41) is 0. The molecule has 1 fully saturated rings. The van der Waals surface area contributed by atoms with E-state index >= 15 is 8.78 Å². The number of esters is 1. The summed E-state index contributed by atoms with van der Waals surface area (Å²) < 4.78 is 54.9. The van der Waals surface area contributed by atoms with Crippen molar-refractivity contribution in [2.75, 3.05) is 6.61 Å². The van der Waals surface area contributed by atoms with Gasteiger partial charge in [0.1, 0.15) is 6.10 Å². The summed E-state index contributed by atoms with van der Waals surface area (Å²) in [6, 6.07) is 14.9. The molecule has 0 aromatic heterocycles. The Morgan fingerprint density at radius 3 is 2.25 bits per heavy atom. The summed E-state index contributed by atoms with van der Waals surface area (Å²) in [6.07, 6.45) is 3.81. The summed E-state index contributed by atoms with van der Waals surface area (Å²) in [4.78, 5) is 12.5. The molecule has 4 rings (SSSR count). The minimum absolute atomic E-state index is 0.0864. The van der Waals surface area contributed by atoms with Crippen LogP contribution in [0, 0.1) is 17.5 Å². The normalized spacial score (nSPS) is 17.6. The van der Waals surface area contributed by atoms with Crippen molar-refractivity contribution in [2.45, 2.75) is 64.4 Å². The third-order valence-electron chi connectivity index (χ3n) is 6.77. The van der Waals surface area contributed by atoms with E-state index in [-0.39, 0.29) is 28.9 Å². The zero-order valence-corrected chi connectivity index (χ0v) is 20.7. The quantitative estimate of drug-likeness (QED) is 0.296. The lowest BCUT2D eigenvalue weighted by Gasteiger charge is -2.29. The third kappa shape index (κ3) is 5.75. The zero-order valence-electron chi connectivity index (χ0n) is 20.7. The molecule has 0 N–H and O–H groups in total. The number of ether oxygens (including phenoxy) is 2. The van der Waals surface area contributed by atoms with Crippen LogP contribution >= 0.6 is 0 Å². The lowest BCUT2D eigenvalue weighted by atomic mass is 9.82. The van der Waals surface area contributed by atoms with Crippen molar-refractivity contribution in [3.63, 3.8) is 0 Å². The molecule has 1 aliphatic rings. The van der Waals surface area contributed by atoms with Crippen LogP contribution < -0.4 is 4.74 Å². The smallest absolute Gasteiger partial charge is 0.338 e. The van der Waals surface area contributed by atoms with E-state index in [9.17, 15) is 9.18 Å². The molecule has 0 aliphatic heterocycles. The van der Waals surface area contributed by atoms with E-state index < -0.39 is 23.4 Å². The van der Waals surface area contributed by atoms with Crippen LogP contribution in [0.15, 0.2) is 54.6 Å². The topological polar surface area (TPSA) is 35.5 Å². The highest BCUT2D eigenvalue weighted by Crippen LogP contribution is 2.38. The number of benzene rings is 3. The molecule has 3 nitrogen and oxygen atoms in total. The number of aryl methyl sites for hydroxylation is 1. The summed E-state index contributed by atoms with van der Waals surface area (Å²) in [7, 11) is 0. The second-order valence-electron chi connectivity index (χ2n) is 9.23.